The van der Waals surface area contributed by atoms with Gasteiger partial charge in [-0.3, -0.25) is 4.79 Å². The van der Waals surface area contributed by atoms with Crippen LogP contribution in [-0.4, -0.2) is 68.6 Å². The number of halogens is 2. The van der Waals surface area contributed by atoms with E-state index in [1.54, 1.807) is 12.1 Å². The molecular weight excluding hydrogens is 316 g/mol. The number of ether oxygens (including phenoxy) is 1. The molecule has 0 aromatic heterocycles. The maximum absolute atomic E-state index is 12.4. The minimum atomic E-state index is -2.95. The Morgan fingerprint density at radius 2 is 1.92 bits per heavy atom. The Bertz CT molecular complexity index is 534. The monoisotopic (exact) mass is 341 g/mol. The average Bonchev–Trinajstić information content (AvgIpc) is 2.55. The molecule has 7 heteroatoms. The van der Waals surface area contributed by atoms with Gasteiger partial charge in [0.25, 0.3) is 5.91 Å². The molecule has 0 spiro atoms. The van der Waals surface area contributed by atoms with Gasteiger partial charge in [-0.25, -0.2) is 0 Å². The highest BCUT2D eigenvalue weighted by Crippen LogP contribution is 2.20. The van der Waals surface area contributed by atoms with E-state index in [0.717, 1.165) is 32.7 Å². The first-order valence-corrected chi connectivity index (χ1v) is 8.18. The van der Waals surface area contributed by atoms with Gasteiger partial charge in [-0.2, -0.15) is 8.78 Å². The molecule has 1 aliphatic heterocycles. The largest absolute Gasteiger partial charge is 0.434 e. The molecule has 0 bridgehead atoms. The highest BCUT2D eigenvalue weighted by molar-refractivity contribution is 5.96. The van der Waals surface area contributed by atoms with Gasteiger partial charge in [0.05, 0.1) is 5.56 Å². The molecule has 1 amide bonds. The van der Waals surface area contributed by atoms with E-state index in [1.807, 2.05) is 0 Å². The van der Waals surface area contributed by atoms with Crippen molar-refractivity contribution in [1.29, 1.82) is 0 Å². The Balaban J connectivity index is 1.82. The summed E-state index contributed by atoms with van der Waals surface area (Å²) in [7, 11) is 2.11. The fourth-order valence-electron chi connectivity index (χ4n) is 2.75. The fraction of sp³-hybridized carbons (Fsp3) is 0.588. The summed E-state index contributed by atoms with van der Waals surface area (Å²) in [5.74, 6) is -0.214. The predicted octanol–water partition coefficient (Wildman–Crippen LogP) is 1.90. The number of nitrogens with zero attached hydrogens (tertiary/aromatic N) is 2. The molecule has 0 aliphatic carbocycles. The highest BCUT2D eigenvalue weighted by atomic mass is 19.3. The lowest BCUT2D eigenvalue weighted by atomic mass is 10.1. The number of amides is 1. The van der Waals surface area contributed by atoms with Gasteiger partial charge < -0.3 is 19.9 Å². The number of benzene rings is 1. The standard InChI is InChI=1S/C17H25F2N3O2/c1-13(12-22-9-7-21(2)8-10-22)11-20-16(23)14-5-3-4-6-15(14)24-17(18)19/h3-6,13,17H,7-12H2,1-2H3,(H,20,23)/t13-/m0/s1. The summed E-state index contributed by atoms with van der Waals surface area (Å²) in [4.78, 5) is 16.9. The van der Waals surface area contributed by atoms with Crippen LogP contribution in [0.5, 0.6) is 5.75 Å². The number of para-hydroxylation sites is 1. The van der Waals surface area contributed by atoms with E-state index in [1.165, 1.54) is 12.1 Å². The second kappa shape index (κ2) is 8.94. The smallest absolute Gasteiger partial charge is 0.387 e. The van der Waals surface area contributed by atoms with Crippen LogP contribution in [0, 0.1) is 5.92 Å². The number of rotatable bonds is 7. The minimum absolute atomic E-state index is 0.100. The lowest BCUT2D eigenvalue weighted by molar-refractivity contribution is -0.0501. The van der Waals surface area contributed by atoms with Gasteiger partial charge in [-0.15, -0.1) is 0 Å². The van der Waals surface area contributed by atoms with Crippen LogP contribution in [0.3, 0.4) is 0 Å². The van der Waals surface area contributed by atoms with Gasteiger partial charge in [-0.1, -0.05) is 19.1 Å². The zero-order valence-corrected chi connectivity index (χ0v) is 14.2. The molecule has 2 rings (SSSR count). The third-order valence-corrected chi connectivity index (χ3v) is 4.12. The topological polar surface area (TPSA) is 44.8 Å². The Labute approximate surface area is 141 Å². The zero-order chi connectivity index (χ0) is 17.5. The number of hydrogen-bond acceptors (Lipinski definition) is 4. The van der Waals surface area contributed by atoms with E-state index in [4.69, 9.17) is 0 Å². The molecule has 134 valence electrons. The van der Waals surface area contributed by atoms with Crippen molar-refractivity contribution < 1.29 is 18.3 Å². The van der Waals surface area contributed by atoms with Crippen LogP contribution in [0.4, 0.5) is 8.78 Å². The number of carbonyl (C=O) groups excluding carboxylic acids is 1. The fourth-order valence-corrected chi connectivity index (χ4v) is 2.75. The van der Waals surface area contributed by atoms with Crippen molar-refractivity contribution in [3.05, 3.63) is 29.8 Å². The lowest BCUT2D eigenvalue weighted by Crippen LogP contribution is -2.46. The molecule has 0 radical (unpaired) electrons. The van der Waals surface area contributed by atoms with Crippen LogP contribution in [0.25, 0.3) is 0 Å². The van der Waals surface area contributed by atoms with E-state index in [0.29, 0.717) is 6.54 Å². The lowest BCUT2D eigenvalue weighted by Gasteiger charge is -2.33. The third-order valence-electron chi connectivity index (χ3n) is 4.12. The molecule has 1 N–H and O–H groups in total. The third kappa shape index (κ3) is 5.72. The van der Waals surface area contributed by atoms with Crippen molar-refractivity contribution in [3.8, 4) is 5.75 Å². The zero-order valence-electron chi connectivity index (χ0n) is 14.2. The van der Waals surface area contributed by atoms with Crippen LogP contribution in [0.15, 0.2) is 24.3 Å². The Morgan fingerprint density at radius 3 is 2.58 bits per heavy atom. The SMILES string of the molecule is C[C@@H](CNC(=O)c1ccccc1OC(F)F)CN1CCN(C)CC1. The van der Waals surface area contributed by atoms with E-state index in [2.05, 4.69) is 33.8 Å². The Hall–Kier alpha value is -1.73. The van der Waals surface area contributed by atoms with Crippen molar-refractivity contribution in [1.82, 2.24) is 15.1 Å². The number of piperazine rings is 1. The number of nitrogens with one attached hydrogen (secondary N) is 1. The molecule has 1 fully saturated rings. The van der Waals surface area contributed by atoms with E-state index < -0.39 is 12.5 Å². The maximum Gasteiger partial charge on any atom is 0.387 e. The van der Waals surface area contributed by atoms with Crippen molar-refractivity contribution in [2.45, 2.75) is 13.5 Å². The minimum Gasteiger partial charge on any atom is -0.434 e. The second-order valence-corrected chi connectivity index (χ2v) is 6.29. The summed E-state index contributed by atoms with van der Waals surface area (Å²) in [6.07, 6.45) is 0. The number of hydrogen-bond donors (Lipinski definition) is 1. The molecule has 0 saturated carbocycles. The maximum atomic E-state index is 12.4. The normalized spacial score (nSPS) is 17.7. The summed E-state index contributed by atoms with van der Waals surface area (Å²) in [6.45, 7) is 4.68. The molecule has 1 aliphatic rings. The summed E-state index contributed by atoms with van der Waals surface area (Å²) >= 11 is 0. The van der Waals surface area contributed by atoms with Crippen LogP contribution < -0.4 is 10.1 Å². The van der Waals surface area contributed by atoms with Gasteiger partial charge in [-0.05, 0) is 25.1 Å². The predicted molar refractivity (Wildman–Crippen MR) is 88.5 cm³/mol. The molecular formula is C17H25F2N3O2. The van der Waals surface area contributed by atoms with Crippen molar-refractivity contribution >= 4 is 5.91 Å². The van der Waals surface area contributed by atoms with Gasteiger partial charge in [0.2, 0.25) is 0 Å². The quantitative estimate of drug-likeness (QED) is 0.823. The second-order valence-electron chi connectivity index (χ2n) is 6.29. The summed E-state index contributed by atoms with van der Waals surface area (Å²) in [6, 6.07) is 6.04. The van der Waals surface area contributed by atoms with Crippen LogP contribution >= 0.6 is 0 Å². The number of carbonyl (C=O) groups is 1. The summed E-state index contributed by atoms with van der Waals surface area (Å²) in [5, 5.41) is 2.81. The van der Waals surface area contributed by atoms with Crippen molar-refractivity contribution in [2.24, 2.45) is 5.92 Å². The Kier molecular flexibility index (Phi) is 6.93. The first-order valence-electron chi connectivity index (χ1n) is 8.18. The van der Waals surface area contributed by atoms with Crippen LogP contribution in [0.1, 0.15) is 17.3 Å². The van der Waals surface area contributed by atoms with Gasteiger partial charge in [0.1, 0.15) is 5.75 Å². The molecule has 5 nitrogen and oxygen atoms in total. The van der Waals surface area contributed by atoms with Crippen LogP contribution in [-0.2, 0) is 0 Å². The molecule has 24 heavy (non-hydrogen) atoms. The molecule has 0 unspecified atom stereocenters. The number of likely N-dealkylation sites (N-methyl/N-ethyl adjacent to an activating group) is 1. The molecule has 1 aromatic rings. The van der Waals surface area contributed by atoms with E-state index >= 15 is 0 Å². The van der Waals surface area contributed by atoms with Crippen molar-refractivity contribution in [2.75, 3.05) is 46.3 Å². The van der Waals surface area contributed by atoms with Gasteiger partial charge >= 0.3 is 6.61 Å². The van der Waals surface area contributed by atoms with Gasteiger partial charge in [0.15, 0.2) is 0 Å². The van der Waals surface area contributed by atoms with Crippen molar-refractivity contribution in [3.63, 3.8) is 0 Å². The first-order chi connectivity index (χ1) is 11.5. The van der Waals surface area contributed by atoms with Gasteiger partial charge in [0, 0.05) is 39.3 Å². The summed E-state index contributed by atoms with van der Waals surface area (Å²) in [5.41, 5.74) is 0.129. The summed E-state index contributed by atoms with van der Waals surface area (Å²) < 4.78 is 29.2. The van der Waals surface area contributed by atoms with Crippen LogP contribution in [0.2, 0.25) is 0 Å². The average molecular weight is 341 g/mol. The highest BCUT2D eigenvalue weighted by Gasteiger charge is 2.18. The molecule has 1 aromatic carbocycles. The van der Waals surface area contributed by atoms with E-state index in [-0.39, 0.29) is 17.2 Å². The molecule has 1 atom stereocenters. The Morgan fingerprint density at radius 1 is 1.25 bits per heavy atom. The molecule has 1 saturated heterocycles. The van der Waals surface area contributed by atoms with E-state index in [9.17, 15) is 13.6 Å². The molecule has 1 heterocycles. The first kappa shape index (κ1) is 18.6. The number of alkyl halides is 2.